The topological polar surface area (TPSA) is 100 Å². The summed E-state index contributed by atoms with van der Waals surface area (Å²) in [5.74, 6) is 4.72. The van der Waals surface area contributed by atoms with E-state index < -0.39 is 0 Å². The predicted octanol–water partition coefficient (Wildman–Crippen LogP) is 2.86. The smallest absolute Gasteiger partial charge is 0.233 e. The van der Waals surface area contributed by atoms with Crippen LogP contribution in [-0.2, 0) is 4.79 Å². The molecule has 1 N–H and O–H groups in total. The number of aromatic nitrogens is 4. The molecule has 1 amide bonds. The molecule has 0 saturated heterocycles. The summed E-state index contributed by atoms with van der Waals surface area (Å²) >= 11 is 0. The Balaban J connectivity index is 1.77. The fraction of sp³-hybridized carbons (Fsp3) is 0.304. The fourth-order valence-corrected chi connectivity index (χ4v) is 3.78. The standard InChI is InChI=1S/C23H23N5O4/c1-5-11-32-17-8-7-15(12-18(17)31-6-2)16-13-20(29)24-23-22(16)14(3)27-28(23)19-9-10-21(30-4)26-25-19/h1,7-10,12,16H,6,11,13H2,2-4H3,(H,24,29)/t16-/m1/s1. The van der Waals surface area contributed by atoms with E-state index in [0.717, 1.165) is 16.8 Å². The number of carbonyl (C=O) groups is 1. The van der Waals surface area contributed by atoms with Crippen LogP contribution < -0.4 is 19.5 Å². The number of hydrogen-bond acceptors (Lipinski definition) is 7. The Hall–Kier alpha value is -4.06. The van der Waals surface area contributed by atoms with Gasteiger partial charge in [-0.25, -0.2) is 0 Å². The first-order valence-corrected chi connectivity index (χ1v) is 10.2. The molecule has 1 atom stereocenters. The number of benzene rings is 1. The molecule has 0 bridgehead atoms. The average molecular weight is 433 g/mol. The number of terminal acetylenes is 1. The predicted molar refractivity (Wildman–Crippen MR) is 117 cm³/mol. The second-order valence-corrected chi connectivity index (χ2v) is 7.13. The number of amides is 1. The molecule has 32 heavy (non-hydrogen) atoms. The highest BCUT2D eigenvalue weighted by molar-refractivity contribution is 5.95. The van der Waals surface area contributed by atoms with Crippen LogP contribution in [0.2, 0.25) is 0 Å². The lowest BCUT2D eigenvalue weighted by Gasteiger charge is -2.25. The monoisotopic (exact) mass is 433 g/mol. The molecule has 2 aromatic heterocycles. The first kappa shape index (κ1) is 21.2. The number of fused-ring (bicyclic) bond motifs is 1. The van der Waals surface area contributed by atoms with E-state index in [0.29, 0.717) is 35.6 Å². The number of nitrogens with one attached hydrogen (secondary N) is 1. The minimum atomic E-state index is -0.209. The van der Waals surface area contributed by atoms with Gasteiger partial charge in [-0.15, -0.1) is 16.6 Å². The SMILES string of the molecule is C#CCOc1ccc([C@H]2CC(=O)Nc3c2c(C)nn3-c2ccc(OC)nn2)cc1OCC. The van der Waals surface area contributed by atoms with Gasteiger partial charge in [0.15, 0.2) is 17.3 Å². The van der Waals surface area contributed by atoms with Crippen LogP contribution in [0, 0.1) is 19.3 Å². The fourth-order valence-electron chi connectivity index (χ4n) is 3.78. The molecule has 3 aromatic rings. The van der Waals surface area contributed by atoms with Crippen LogP contribution in [0.25, 0.3) is 5.82 Å². The van der Waals surface area contributed by atoms with Gasteiger partial charge in [0.2, 0.25) is 11.8 Å². The van der Waals surface area contributed by atoms with Crippen molar-refractivity contribution < 1.29 is 19.0 Å². The van der Waals surface area contributed by atoms with Crippen LogP contribution >= 0.6 is 0 Å². The van der Waals surface area contributed by atoms with Crippen LogP contribution in [0.3, 0.4) is 0 Å². The molecule has 0 radical (unpaired) electrons. The van der Waals surface area contributed by atoms with Gasteiger partial charge in [-0.3, -0.25) is 4.79 Å². The summed E-state index contributed by atoms with van der Waals surface area (Å²) in [7, 11) is 1.52. The van der Waals surface area contributed by atoms with Crippen molar-refractivity contribution in [3.8, 4) is 35.5 Å². The molecule has 0 spiro atoms. The molecule has 3 heterocycles. The first-order valence-electron chi connectivity index (χ1n) is 10.2. The van der Waals surface area contributed by atoms with Gasteiger partial charge in [-0.1, -0.05) is 12.0 Å². The summed E-state index contributed by atoms with van der Waals surface area (Å²) in [6, 6.07) is 9.06. The van der Waals surface area contributed by atoms with Gasteiger partial charge in [0.1, 0.15) is 12.4 Å². The van der Waals surface area contributed by atoms with E-state index >= 15 is 0 Å². The third kappa shape index (κ3) is 3.95. The zero-order valence-electron chi connectivity index (χ0n) is 18.1. The highest BCUT2D eigenvalue weighted by Crippen LogP contribution is 2.42. The molecular formula is C23H23N5O4. The number of anilines is 1. The molecule has 0 saturated carbocycles. The van der Waals surface area contributed by atoms with Crippen molar-refractivity contribution in [2.24, 2.45) is 0 Å². The Kier molecular flexibility index (Phi) is 5.94. The lowest BCUT2D eigenvalue weighted by molar-refractivity contribution is -0.116. The minimum absolute atomic E-state index is 0.115. The van der Waals surface area contributed by atoms with Gasteiger partial charge < -0.3 is 19.5 Å². The molecule has 0 aliphatic carbocycles. The summed E-state index contributed by atoms with van der Waals surface area (Å²) in [5.41, 5.74) is 2.62. The van der Waals surface area contributed by atoms with Crippen molar-refractivity contribution in [2.45, 2.75) is 26.2 Å². The molecule has 1 aromatic carbocycles. The van der Waals surface area contributed by atoms with Crippen molar-refractivity contribution >= 4 is 11.7 Å². The Labute approximate surface area is 185 Å². The van der Waals surface area contributed by atoms with E-state index in [4.69, 9.17) is 20.6 Å². The van der Waals surface area contributed by atoms with Crippen molar-refractivity contribution in [3.63, 3.8) is 0 Å². The second kappa shape index (κ2) is 8.98. The van der Waals surface area contributed by atoms with E-state index in [1.165, 1.54) is 7.11 Å². The highest BCUT2D eigenvalue weighted by atomic mass is 16.5. The van der Waals surface area contributed by atoms with E-state index in [1.54, 1.807) is 16.8 Å². The number of methoxy groups -OCH3 is 1. The normalized spacial score (nSPS) is 14.8. The summed E-state index contributed by atoms with van der Waals surface area (Å²) < 4.78 is 18.0. The number of nitrogens with zero attached hydrogens (tertiary/aromatic N) is 4. The van der Waals surface area contributed by atoms with Gasteiger partial charge in [0, 0.05) is 24.0 Å². The van der Waals surface area contributed by atoms with Crippen LogP contribution in [0.5, 0.6) is 17.4 Å². The van der Waals surface area contributed by atoms with Crippen molar-refractivity contribution in [3.05, 3.63) is 47.2 Å². The average Bonchev–Trinajstić information content (AvgIpc) is 3.14. The number of ether oxygens (including phenoxy) is 3. The maximum absolute atomic E-state index is 12.6. The van der Waals surface area contributed by atoms with Crippen LogP contribution in [-0.4, -0.2) is 46.2 Å². The van der Waals surface area contributed by atoms with Gasteiger partial charge >= 0.3 is 0 Å². The largest absolute Gasteiger partial charge is 0.490 e. The Morgan fingerprint density at radius 2 is 2.06 bits per heavy atom. The van der Waals surface area contributed by atoms with Crippen LogP contribution in [0.15, 0.2) is 30.3 Å². The molecule has 9 heteroatoms. The molecule has 9 nitrogen and oxygen atoms in total. The van der Waals surface area contributed by atoms with Crippen LogP contribution in [0.4, 0.5) is 5.82 Å². The maximum Gasteiger partial charge on any atom is 0.233 e. The lowest BCUT2D eigenvalue weighted by Crippen LogP contribution is -2.25. The van der Waals surface area contributed by atoms with Crippen molar-refractivity contribution in [1.82, 2.24) is 20.0 Å². The van der Waals surface area contributed by atoms with E-state index in [2.05, 4.69) is 26.5 Å². The molecule has 4 rings (SSSR count). The Morgan fingerprint density at radius 1 is 1.22 bits per heavy atom. The highest BCUT2D eigenvalue weighted by Gasteiger charge is 2.33. The van der Waals surface area contributed by atoms with Crippen molar-refractivity contribution in [1.29, 1.82) is 0 Å². The third-order valence-corrected chi connectivity index (χ3v) is 5.14. The zero-order chi connectivity index (χ0) is 22.7. The van der Waals surface area contributed by atoms with Gasteiger partial charge in [-0.2, -0.15) is 9.78 Å². The van der Waals surface area contributed by atoms with Gasteiger partial charge in [0.25, 0.3) is 0 Å². The second-order valence-electron chi connectivity index (χ2n) is 7.13. The summed E-state index contributed by atoms with van der Waals surface area (Å²) in [4.78, 5) is 12.6. The molecule has 0 fully saturated rings. The number of hydrogen-bond donors (Lipinski definition) is 1. The maximum atomic E-state index is 12.6. The quantitative estimate of drug-likeness (QED) is 0.572. The zero-order valence-corrected chi connectivity index (χ0v) is 18.1. The van der Waals surface area contributed by atoms with E-state index in [9.17, 15) is 4.79 Å². The Morgan fingerprint density at radius 3 is 2.75 bits per heavy atom. The van der Waals surface area contributed by atoms with E-state index in [1.807, 2.05) is 32.0 Å². The molecular weight excluding hydrogens is 410 g/mol. The number of aryl methyl sites for hydroxylation is 1. The van der Waals surface area contributed by atoms with E-state index in [-0.39, 0.29) is 24.9 Å². The van der Waals surface area contributed by atoms with Crippen molar-refractivity contribution in [2.75, 3.05) is 25.6 Å². The minimum Gasteiger partial charge on any atom is -0.490 e. The van der Waals surface area contributed by atoms with Gasteiger partial charge in [-0.05, 0) is 37.6 Å². The summed E-state index contributed by atoms with van der Waals surface area (Å²) in [6.45, 7) is 4.42. The molecule has 0 unspecified atom stereocenters. The molecule has 1 aliphatic rings. The molecule has 164 valence electrons. The number of carbonyl (C=O) groups excluding carboxylic acids is 1. The van der Waals surface area contributed by atoms with Gasteiger partial charge in [0.05, 0.1) is 19.4 Å². The molecule has 1 aliphatic heterocycles. The number of rotatable bonds is 7. The lowest BCUT2D eigenvalue weighted by atomic mass is 9.85. The Bertz CT molecular complexity index is 1180. The summed E-state index contributed by atoms with van der Waals surface area (Å²) in [5, 5.41) is 15.7. The summed E-state index contributed by atoms with van der Waals surface area (Å²) in [6.07, 6.45) is 5.59. The van der Waals surface area contributed by atoms with Crippen LogP contribution in [0.1, 0.15) is 36.1 Å². The first-order chi connectivity index (χ1) is 15.5. The third-order valence-electron chi connectivity index (χ3n) is 5.14.